The van der Waals surface area contributed by atoms with Gasteiger partial charge in [0.2, 0.25) is 5.95 Å². The topological polar surface area (TPSA) is 59.8 Å². The number of methoxy groups -OCH3 is 2. The number of aromatic nitrogens is 2. The normalized spacial score (nSPS) is 10.9. The first-order valence-electron chi connectivity index (χ1n) is 10.3. The van der Waals surface area contributed by atoms with Gasteiger partial charge in [-0.05, 0) is 30.3 Å². The summed E-state index contributed by atoms with van der Waals surface area (Å²) in [5.41, 5.74) is 4.46. The molecule has 33 heavy (non-hydrogen) atoms. The molecule has 6 nitrogen and oxygen atoms in total. The standard InChI is InChI=1S/C26H23BrN4O2/c1-31(28-17-20-11-14-22(32-2)15-25(20)33-3)26-29-23(18-7-5-4-6-8-18)16-24(30-26)19-9-12-21(27)13-10-19/h4-17H,1-3H3/b28-17+. The first-order valence-corrected chi connectivity index (χ1v) is 11.1. The fourth-order valence-electron chi connectivity index (χ4n) is 3.23. The molecule has 0 unspecified atom stereocenters. The zero-order chi connectivity index (χ0) is 23.2. The maximum absolute atomic E-state index is 5.46. The third kappa shape index (κ3) is 5.38. The number of anilines is 1. The highest BCUT2D eigenvalue weighted by atomic mass is 79.9. The zero-order valence-electron chi connectivity index (χ0n) is 18.6. The van der Waals surface area contributed by atoms with Crippen LogP contribution < -0.4 is 14.5 Å². The predicted octanol–water partition coefficient (Wildman–Crippen LogP) is 6.06. The van der Waals surface area contributed by atoms with Gasteiger partial charge in [-0.25, -0.2) is 15.0 Å². The monoisotopic (exact) mass is 502 g/mol. The van der Waals surface area contributed by atoms with Crippen molar-refractivity contribution in [1.29, 1.82) is 0 Å². The molecule has 4 aromatic rings. The fourth-order valence-corrected chi connectivity index (χ4v) is 3.49. The Morgan fingerprint density at radius 2 is 1.48 bits per heavy atom. The van der Waals surface area contributed by atoms with Crippen molar-refractivity contribution in [2.75, 3.05) is 26.3 Å². The molecule has 0 atom stereocenters. The molecule has 166 valence electrons. The minimum Gasteiger partial charge on any atom is -0.497 e. The minimum atomic E-state index is 0.484. The van der Waals surface area contributed by atoms with E-state index in [1.807, 2.05) is 85.9 Å². The molecule has 0 aliphatic heterocycles. The van der Waals surface area contributed by atoms with Gasteiger partial charge < -0.3 is 9.47 Å². The average molecular weight is 503 g/mol. The Kier molecular flexibility index (Phi) is 7.00. The molecule has 0 radical (unpaired) electrons. The molecule has 0 spiro atoms. The molecule has 1 aromatic heterocycles. The van der Waals surface area contributed by atoms with Gasteiger partial charge in [-0.2, -0.15) is 5.10 Å². The van der Waals surface area contributed by atoms with Crippen LogP contribution in [0.25, 0.3) is 22.5 Å². The Hall–Kier alpha value is -3.71. The molecule has 0 saturated heterocycles. The van der Waals surface area contributed by atoms with Gasteiger partial charge in [0, 0.05) is 34.3 Å². The summed E-state index contributed by atoms with van der Waals surface area (Å²) in [6.07, 6.45) is 1.72. The Morgan fingerprint density at radius 1 is 0.818 bits per heavy atom. The zero-order valence-corrected chi connectivity index (χ0v) is 20.2. The van der Waals surface area contributed by atoms with E-state index in [2.05, 4.69) is 21.0 Å². The molecule has 0 aliphatic rings. The molecule has 4 rings (SSSR count). The Morgan fingerprint density at radius 3 is 2.12 bits per heavy atom. The van der Waals surface area contributed by atoms with E-state index in [0.717, 1.165) is 38.3 Å². The van der Waals surface area contributed by atoms with Gasteiger partial charge in [0.15, 0.2) is 0 Å². The van der Waals surface area contributed by atoms with Crippen LogP contribution >= 0.6 is 15.9 Å². The second kappa shape index (κ2) is 10.3. The van der Waals surface area contributed by atoms with E-state index < -0.39 is 0 Å². The lowest BCUT2D eigenvalue weighted by Gasteiger charge is -2.15. The van der Waals surface area contributed by atoms with Crippen molar-refractivity contribution >= 4 is 28.1 Å². The molecule has 0 bridgehead atoms. The van der Waals surface area contributed by atoms with Crippen LogP contribution in [0.4, 0.5) is 5.95 Å². The molecular formula is C26H23BrN4O2. The molecule has 0 aliphatic carbocycles. The SMILES string of the molecule is COc1ccc(/C=N/N(C)c2nc(-c3ccccc3)cc(-c3ccc(Br)cc3)n2)c(OC)c1. The van der Waals surface area contributed by atoms with Gasteiger partial charge in [-0.15, -0.1) is 0 Å². The molecule has 3 aromatic carbocycles. The highest BCUT2D eigenvalue weighted by Crippen LogP contribution is 2.28. The highest BCUT2D eigenvalue weighted by molar-refractivity contribution is 9.10. The van der Waals surface area contributed by atoms with E-state index >= 15 is 0 Å². The summed E-state index contributed by atoms with van der Waals surface area (Å²) >= 11 is 3.49. The predicted molar refractivity (Wildman–Crippen MR) is 136 cm³/mol. The van der Waals surface area contributed by atoms with E-state index in [1.54, 1.807) is 25.4 Å². The summed E-state index contributed by atoms with van der Waals surface area (Å²) in [6, 6.07) is 25.6. The number of hydrogen-bond donors (Lipinski definition) is 0. The summed E-state index contributed by atoms with van der Waals surface area (Å²) in [6.45, 7) is 0. The molecule has 7 heteroatoms. The number of ether oxygens (including phenoxy) is 2. The van der Waals surface area contributed by atoms with E-state index in [0.29, 0.717) is 11.7 Å². The summed E-state index contributed by atoms with van der Waals surface area (Å²) < 4.78 is 11.7. The molecule has 0 amide bonds. The van der Waals surface area contributed by atoms with Gasteiger partial charge in [0.25, 0.3) is 0 Å². The molecule has 1 heterocycles. The van der Waals surface area contributed by atoms with Crippen molar-refractivity contribution in [2.45, 2.75) is 0 Å². The quantitative estimate of drug-likeness (QED) is 0.227. The maximum Gasteiger partial charge on any atom is 0.247 e. The fraction of sp³-hybridized carbons (Fsp3) is 0.115. The van der Waals surface area contributed by atoms with Crippen molar-refractivity contribution in [3.63, 3.8) is 0 Å². The van der Waals surface area contributed by atoms with Crippen molar-refractivity contribution in [3.05, 3.63) is 88.9 Å². The van der Waals surface area contributed by atoms with Gasteiger partial charge in [0.05, 0.1) is 31.8 Å². The van der Waals surface area contributed by atoms with Crippen LogP contribution in [0.5, 0.6) is 11.5 Å². The number of halogens is 1. The summed E-state index contributed by atoms with van der Waals surface area (Å²) in [4.78, 5) is 9.54. The third-order valence-corrected chi connectivity index (χ3v) is 5.55. The molecule has 0 fully saturated rings. The van der Waals surface area contributed by atoms with E-state index in [-0.39, 0.29) is 0 Å². The third-order valence-electron chi connectivity index (χ3n) is 5.02. The largest absolute Gasteiger partial charge is 0.497 e. The number of hydrogen-bond acceptors (Lipinski definition) is 6. The van der Waals surface area contributed by atoms with Crippen molar-refractivity contribution in [3.8, 4) is 34.0 Å². The van der Waals surface area contributed by atoms with Crippen molar-refractivity contribution < 1.29 is 9.47 Å². The highest BCUT2D eigenvalue weighted by Gasteiger charge is 2.12. The minimum absolute atomic E-state index is 0.484. The van der Waals surface area contributed by atoms with Crippen LogP contribution in [-0.4, -0.2) is 37.4 Å². The number of rotatable bonds is 7. The summed E-state index contributed by atoms with van der Waals surface area (Å²) in [5.74, 6) is 1.87. The van der Waals surface area contributed by atoms with Gasteiger partial charge >= 0.3 is 0 Å². The van der Waals surface area contributed by atoms with Crippen LogP contribution in [-0.2, 0) is 0 Å². The number of benzene rings is 3. The lowest BCUT2D eigenvalue weighted by molar-refractivity contribution is 0.394. The molecule has 0 saturated carbocycles. The molecule has 0 N–H and O–H groups in total. The van der Waals surface area contributed by atoms with Gasteiger partial charge in [0.1, 0.15) is 11.5 Å². The Bertz CT molecular complexity index is 1260. The van der Waals surface area contributed by atoms with Gasteiger partial charge in [-0.1, -0.05) is 58.4 Å². The van der Waals surface area contributed by atoms with Crippen molar-refractivity contribution in [1.82, 2.24) is 9.97 Å². The summed E-state index contributed by atoms with van der Waals surface area (Å²) in [7, 11) is 5.06. The second-order valence-corrected chi connectivity index (χ2v) is 8.10. The molecular weight excluding hydrogens is 480 g/mol. The van der Waals surface area contributed by atoms with Gasteiger partial charge in [-0.3, -0.25) is 0 Å². The lowest BCUT2D eigenvalue weighted by Crippen LogP contribution is -2.14. The van der Waals surface area contributed by atoms with E-state index in [4.69, 9.17) is 19.4 Å². The first kappa shape index (κ1) is 22.5. The second-order valence-electron chi connectivity index (χ2n) is 7.19. The first-order chi connectivity index (χ1) is 16.1. The maximum atomic E-state index is 5.46. The van der Waals surface area contributed by atoms with Crippen LogP contribution in [0.3, 0.4) is 0 Å². The summed E-state index contributed by atoms with van der Waals surface area (Å²) in [5, 5.41) is 6.22. The van der Waals surface area contributed by atoms with E-state index in [9.17, 15) is 0 Å². The van der Waals surface area contributed by atoms with Crippen LogP contribution in [0, 0.1) is 0 Å². The lowest BCUT2D eigenvalue weighted by atomic mass is 10.1. The average Bonchev–Trinajstić information content (AvgIpc) is 2.87. The van der Waals surface area contributed by atoms with Crippen LogP contribution in [0.15, 0.2) is 88.4 Å². The number of hydrazone groups is 1. The Labute approximate surface area is 201 Å². The van der Waals surface area contributed by atoms with Crippen molar-refractivity contribution in [2.24, 2.45) is 5.10 Å². The van der Waals surface area contributed by atoms with Crippen LogP contribution in [0.1, 0.15) is 5.56 Å². The van der Waals surface area contributed by atoms with Crippen LogP contribution in [0.2, 0.25) is 0 Å². The van der Waals surface area contributed by atoms with E-state index in [1.165, 1.54) is 0 Å². The number of nitrogens with zero attached hydrogens (tertiary/aromatic N) is 4. The Balaban J connectivity index is 1.72. The smallest absolute Gasteiger partial charge is 0.247 e.